The van der Waals surface area contributed by atoms with Gasteiger partial charge in [-0.3, -0.25) is 0 Å². The van der Waals surface area contributed by atoms with Crippen molar-refractivity contribution < 1.29 is 18.4 Å². The summed E-state index contributed by atoms with van der Waals surface area (Å²) in [6.45, 7) is 1.79. The van der Waals surface area contributed by atoms with Crippen LogP contribution < -0.4 is 14.8 Å². The van der Waals surface area contributed by atoms with E-state index in [0.717, 1.165) is 5.56 Å². The number of ether oxygens (including phenoxy) is 2. The number of halogens is 1. The number of nitrogens with zero attached hydrogens (tertiary/aromatic N) is 2. The number of methoxy groups -OCH3 is 2. The molecule has 1 aromatic heterocycles. The zero-order valence-corrected chi connectivity index (χ0v) is 14.1. The molecule has 0 spiro atoms. The molecule has 7 heteroatoms. The lowest BCUT2D eigenvalue weighted by Crippen LogP contribution is -2.10. The molecule has 25 heavy (non-hydrogen) atoms. The molecule has 0 amide bonds. The lowest BCUT2D eigenvalue weighted by molar-refractivity contribution is 0.351. The fraction of sp³-hybridized carbons (Fsp3) is 0.222. The van der Waals surface area contributed by atoms with Crippen molar-refractivity contribution in [2.75, 3.05) is 19.5 Å². The van der Waals surface area contributed by atoms with Crippen LogP contribution >= 0.6 is 0 Å². The van der Waals surface area contributed by atoms with Crippen molar-refractivity contribution in [1.29, 1.82) is 0 Å². The van der Waals surface area contributed by atoms with Crippen LogP contribution in [0.3, 0.4) is 0 Å². The third kappa shape index (κ3) is 3.55. The second-order valence-electron chi connectivity index (χ2n) is 5.38. The Labute approximate surface area is 144 Å². The third-order valence-electron chi connectivity index (χ3n) is 3.76. The molecule has 0 aliphatic heterocycles. The van der Waals surface area contributed by atoms with Gasteiger partial charge in [-0.25, -0.2) is 4.39 Å². The highest BCUT2D eigenvalue weighted by Crippen LogP contribution is 2.33. The van der Waals surface area contributed by atoms with Crippen LogP contribution in [-0.2, 0) is 0 Å². The molecule has 0 aliphatic carbocycles. The Hall–Kier alpha value is -3.09. The van der Waals surface area contributed by atoms with E-state index in [0.29, 0.717) is 23.0 Å². The zero-order valence-electron chi connectivity index (χ0n) is 14.1. The van der Waals surface area contributed by atoms with Gasteiger partial charge in [-0.1, -0.05) is 18.2 Å². The van der Waals surface area contributed by atoms with Crippen molar-refractivity contribution in [3.05, 3.63) is 53.8 Å². The van der Waals surface area contributed by atoms with Gasteiger partial charge in [0.05, 0.1) is 20.3 Å². The van der Waals surface area contributed by atoms with Crippen LogP contribution in [-0.4, -0.2) is 24.4 Å². The predicted molar refractivity (Wildman–Crippen MR) is 91.3 cm³/mol. The Morgan fingerprint density at radius 2 is 1.76 bits per heavy atom. The standard InChI is InChI=1S/C18H18FN3O3/c1-11(13-9-15(23-2)16(24-3)10-14(13)19)20-18-21-17(25-22-18)12-7-5-4-6-8-12/h4-11H,1-3H3,(H,20,22). The van der Waals surface area contributed by atoms with Crippen molar-refractivity contribution in [3.63, 3.8) is 0 Å². The summed E-state index contributed by atoms with van der Waals surface area (Å²) in [5, 5.41) is 6.91. The number of hydrogen-bond acceptors (Lipinski definition) is 6. The molecule has 1 N–H and O–H groups in total. The van der Waals surface area contributed by atoms with E-state index in [9.17, 15) is 4.39 Å². The number of aromatic nitrogens is 2. The first-order valence-corrected chi connectivity index (χ1v) is 7.69. The SMILES string of the molecule is COc1cc(F)c(C(C)Nc2noc(-c3ccccc3)n2)cc1OC. The van der Waals surface area contributed by atoms with Gasteiger partial charge in [0.1, 0.15) is 5.82 Å². The molecule has 2 aromatic carbocycles. The Morgan fingerprint density at radius 3 is 2.44 bits per heavy atom. The quantitative estimate of drug-likeness (QED) is 0.728. The van der Waals surface area contributed by atoms with E-state index >= 15 is 0 Å². The minimum absolute atomic E-state index is 0.278. The van der Waals surface area contributed by atoms with Crippen LogP contribution in [0.5, 0.6) is 11.5 Å². The van der Waals surface area contributed by atoms with Gasteiger partial charge < -0.3 is 19.3 Å². The van der Waals surface area contributed by atoms with Gasteiger partial charge in [-0.05, 0) is 30.3 Å². The Bertz CT molecular complexity index is 852. The van der Waals surface area contributed by atoms with E-state index in [2.05, 4.69) is 15.5 Å². The zero-order chi connectivity index (χ0) is 17.8. The smallest absolute Gasteiger partial charge is 0.264 e. The number of hydrogen-bond donors (Lipinski definition) is 1. The largest absolute Gasteiger partial charge is 0.493 e. The number of rotatable bonds is 6. The van der Waals surface area contributed by atoms with E-state index in [1.807, 2.05) is 30.3 Å². The summed E-state index contributed by atoms with van der Waals surface area (Å²) < 4.78 is 29.9. The summed E-state index contributed by atoms with van der Waals surface area (Å²) in [5.74, 6) is 1.04. The lowest BCUT2D eigenvalue weighted by atomic mass is 10.1. The minimum Gasteiger partial charge on any atom is -0.493 e. The van der Waals surface area contributed by atoms with E-state index in [4.69, 9.17) is 14.0 Å². The molecule has 0 saturated heterocycles. The van der Waals surface area contributed by atoms with Crippen LogP contribution in [0, 0.1) is 5.82 Å². The molecule has 0 radical (unpaired) electrons. The molecule has 0 bridgehead atoms. The molecule has 3 rings (SSSR count). The summed E-state index contributed by atoms with van der Waals surface area (Å²) in [7, 11) is 2.96. The van der Waals surface area contributed by atoms with Crippen LogP contribution in [0.25, 0.3) is 11.5 Å². The summed E-state index contributed by atoms with van der Waals surface area (Å²) >= 11 is 0. The van der Waals surface area contributed by atoms with Gasteiger partial charge in [0.2, 0.25) is 0 Å². The van der Waals surface area contributed by atoms with E-state index in [-0.39, 0.29) is 5.95 Å². The van der Waals surface area contributed by atoms with Crippen LogP contribution in [0.4, 0.5) is 10.3 Å². The normalized spacial score (nSPS) is 11.8. The first-order chi connectivity index (χ1) is 12.1. The van der Waals surface area contributed by atoms with Crippen LogP contribution in [0.15, 0.2) is 47.0 Å². The molecule has 0 saturated carbocycles. The first kappa shape index (κ1) is 16.8. The molecule has 6 nitrogen and oxygen atoms in total. The van der Waals surface area contributed by atoms with Gasteiger partial charge in [-0.15, -0.1) is 0 Å². The fourth-order valence-electron chi connectivity index (χ4n) is 2.45. The second-order valence-corrected chi connectivity index (χ2v) is 5.38. The maximum Gasteiger partial charge on any atom is 0.264 e. The monoisotopic (exact) mass is 343 g/mol. The topological polar surface area (TPSA) is 69.4 Å². The van der Waals surface area contributed by atoms with Crippen molar-refractivity contribution in [3.8, 4) is 23.0 Å². The molecular weight excluding hydrogens is 325 g/mol. The molecule has 1 heterocycles. The summed E-state index contributed by atoms with van der Waals surface area (Å²) in [6, 6.07) is 11.9. The highest BCUT2D eigenvalue weighted by Gasteiger charge is 2.18. The van der Waals surface area contributed by atoms with E-state index < -0.39 is 11.9 Å². The highest BCUT2D eigenvalue weighted by molar-refractivity contribution is 5.54. The van der Waals surface area contributed by atoms with E-state index in [1.54, 1.807) is 13.0 Å². The molecule has 0 fully saturated rings. The van der Waals surface area contributed by atoms with Crippen LogP contribution in [0.2, 0.25) is 0 Å². The maximum absolute atomic E-state index is 14.3. The Morgan fingerprint density at radius 1 is 1.08 bits per heavy atom. The molecular formula is C18H18FN3O3. The fourth-order valence-corrected chi connectivity index (χ4v) is 2.45. The number of benzene rings is 2. The lowest BCUT2D eigenvalue weighted by Gasteiger charge is -2.16. The van der Waals surface area contributed by atoms with Gasteiger partial charge in [0.15, 0.2) is 11.5 Å². The average molecular weight is 343 g/mol. The second kappa shape index (κ2) is 7.21. The highest BCUT2D eigenvalue weighted by atomic mass is 19.1. The molecule has 3 aromatic rings. The summed E-state index contributed by atoms with van der Waals surface area (Å²) in [4.78, 5) is 4.28. The van der Waals surface area contributed by atoms with Gasteiger partial charge >= 0.3 is 0 Å². The summed E-state index contributed by atoms with van der Waals surface area (Å²) in [5.41, 5.74) is 1.22. The third-order valence-corrected chi connectivity index (χ3v) is 3.76. The molecule has 1 unspecified atom stereocenters. The van der Waals surface area contributed by atoms with Crippen molar-refractivity contribution in [2.45, 2.75) is 13.0 Å². The molecule has 1 atom stereocenters. The Balaban J connectivity index is 1.81. The molecule has 0 aliphatic rings. The van der Waals surface area contributed by atoms with Gasteiger partial charge in [0, 0.05) is 17.2 Å². The van der Waals surface area contributed by atoms with Crippen molar-refractivity contribution in [1.82, 2.24) is 10.1 Å². The van der Waals surface area contributed by atoms with Crippen LogP contribution in [0.1, 0.15) is 18.5 Å². The number of anilines is 1. The summed E-state index contributed by atoms with van der Waals surface area (Å²) in [6.07, 6.45) is 0. The van der Waals surface area contributed by atoms with E-state index in [1.165, 1.54) is 20.3 Å². The predicted octanol–water partition coefficient (Wildman–Crippen LogP) is 4.07. The first-order valence-electron chi connectivity index (χ1n) is 7.69. The van der Waals surface area contributed by atoms with Crippen molar-refractivity contribution in [2.24, 2.45) is 0 Å². The van der Waals surface area contributed by atoms with Crippen molar-refractivity contribution >= 4 is 5.95 Å². The average Bonchev–Trinajstić information content (AvgIpc) is 3.10. The van der Waals surface area contributed by atoms with Gasteiger partial charge in [-0.2, -0.15) is 4.98 Å². The Kier molecular flexibility index (Phi) is 4.83. The number of nitrogens with one attached hydrogen (secondary N) is 1. The maximum atomic E-state index is 14.3. The van der Waals surface area contributed by atoms with Gasteiger partial charge in [0.25, 0.3) is 11.8 Å². The minimum atomic E-state index is -0.413. The molecule has 130 valence electrons.